The highest BCUT2D eigenvalue weighted by molar-refractivity contribution is 5.32. The van der Waals surface area contributed by atoms with Gasteiger partial charge in [0.2, 0.25) is 0 Å². The molecule has 14 heavy (non-hydrogen) atoms. The Morgan fingerprint density at radius 3 is 2.50 bits per heavy atom. The largest absolute Gasteiger partial charge is 0.392 e. The molecule has 1 saturated carbocycles. The smallest absolute Gasteiger partial charge is 0.0674 e. The lowest BCUT2D eigenvalue weighted by Crippen LogP contribution is -2.30. The van der Waals surface area contributed by atoms with Crippen LogP contribution in [-0.2, 0) is 5.41 Å². The molecule has 1 N–H and O–H groups in total. The fourth-order valence-electron chi connectivity index (χ4n) is 2.32. The van der Waals surface area contributed by atoms with Gasteiger partial charge in [0.05, 0.1) is 6.10 Å². The van der Waals surface area contributed by atoms with Crippen molar-refractivity contribution >= 4 is 0 Å². The number of benzene rings is 1. The van der Waals surface area contributed by atoms with Gasteiger partial charge in [-0.05, 0) is 18.4 Å². The van der Waals surface area contributed by atoms with E-state index in [-0.39, 0.29) is 11.5 Å². The van der Waals surface area contributed by atoms with E-state index in [4.69, 9.17) is 0 Å². The summed E-state index contributed by atoms with van der Waals surface area (Å²) >= 11 is 0. The third kappa shape index (κ3) is 1.38. The molecule has 2 unspecified atom stereocenters. The number of hydrogen-bond donors (Lipinski definition) is 1. The van der Waals surface area contributed by atoms with Crippen molar-refractivity contribution in [3.8, 4) is 0 Å². The summed E-state index contributed by atoms with van der Waals surface area (Å²) in [4.78, 5) is 0. The Morgan fingerprint density at radius 1 is 1.36 bits per heavy atom. The van der Waals surface area contributed by atoms with Gasteiger partial charge < -0.3 is 5.11 Å². The third-order valence-corrected chi connectivity index (χ3v) is 3.27. The zero-order valence-corrected chi connectivity index (χ0v) is 8.53. The second-order valence-corrected chi connectivity index (χ2v) is 4.43. The Labute approximate surface area is 85.1 Å². The van der Waals surface area contributed by atoms with Crippen LogP contribution >= 0.6 is 0 Å². The lowest BCUT2D eigenvalue weighted by Gasteiger charge is -2.28. The maximum Gasteiger partial charge on any atom is 0.0674 e. The molecular formula is C13H16O. The van der Waals surface area contributed by atoms with Gasteiger partial charge in [0, 0.05) is 5.41 Å². The summed E-state index contributed by atoms with van der Waals surface area (Å²) in [7, 11) is 0. The Morgan fingerprint density at radius 2 is 2.00 bits per heavy atom. The van der Waals surface area contributed by atoms with Crippen molar-refractivity contribution < 1.29 is 5.11 Å². The maximum absolute atomic E-state index is 10.0. The van der Waals surface area contributed by atoms with Crippen LogP contribution < -0.4 is 0 Å². The Balaban J connectivity index is 2.38. The molecule has 1 aromatic rings. The molecule has 0 heterocycles. The Kier molecular flexibility index (Phi) is 2.20. The van der Waals surface area contributed by atoms with E-state index in [0.717, 1.165) is 18.4 Å². The molecule has 0 aromatic heterocycles. The van der Waals surface area contributed by atoms with Crippen molar-refractivity contribution in [3.63, 3.8) is 0 Å². The minimum absolute atomic E-state index is 0.127. The summed E-state index contributed by atoms with van der Waals surface area (Å²) in [6.07, 6.45) is 1.36. The molecule has 0 radical (unpaired) electrons. The molecule has 0 saturated heterocycles. The highest BCUT2D eigenvalue weighted by Gasteiger charge is 2.40. The second kappa shape index (κ2) is 3.25. The number of aliphatic hydroxyl groups excluding tert-OH is 1. The van der Waals surface area contributed by atoms with E-state index in [2.05, 4.69) is 25.6 Å². The van der Waals surface area contributed by atoms with E-state index in [9.17, 15) is 5.11 Å². The second-order valence-electron chi connectivity index (χ2n) is 4.43. The molecule has 1 aliphatic rings. The van der Waals surface area contributed by atoms with Gasteiger partial charge in [-0.2, -0.15) is 0 Å². The van der Waals surface area contributed by atoms with E-state index >= 15 is 0 Å². The zero-order valence-electron chi connectivity index (χ0n) is 8.53. The van der Waals surface area contributed by atoms with Crippen LogP contribution in [0.4, 0.5) is 0 Å². The first-order valence-corrected chi connectivity index (χ1v) is 5.03. The third-order valence-electron chi connectivity index (χ3n) is 3.27. The van der Waals surface area contributed by atoms with E-state index in [1.54, 1.807) is 0 Å². The van der Waals surface area contributed by atoms with Crippen molar-refractivity contribution in [3.05, 3.63) is 48.0 Å². The minimum atomic E-state index is -0.280. The van der Waals surface area contributed by atoms with Crippen LogP contribution in [0.2, 0.25) is 0 Å². The van der Waals surface area contributed by atoms with Gasteiger partial charge in [0.15, 0.2) is 0 Å². The first-order valence-electron chi connectivity index (χ1n) is 5.03. The van der Waals surface area contributed by atoms with E-state index < -0.39 is 0 Å². The van der Waals surface area contributed by atoms with Crippen LogP contribution in [-0.4, -0.2) is 11.2 Å². The number of hydrogen-bond acceptors (Lipinski definition) is 1. The quantitative estimate of drug-likeness (QED) is 0.672. The van der Waals surface area contributed by atoms with E-state index in [0.29, 0.717) is 0 Å². The van der Waals surface area contributed by atoms with Crippen LogP contribution in [0.1, 0.15) is 25.3 Å². The van der Waals surface area contributed by atoms with Crippen molar-refractivity contribution in [2.45, 2.75) is 31.3 Å². The first-order chi connectivity index (χ1) is 6.63. The SMILES string of the molecule is C=C1CC(O)C(C)(c2ccccc2)C1. The van der Waals surface area contributed by atoms with Crippen molar-refractivity contribution in [2.24, 2.45) is 0 Å². The van der Waals surface area contributed by atoms with Crippen molar-refractivity contribution in [2.75, 3.05) is 0 Å². The predicted molar refractivity (Wildman–Crippen MR) is 58.2 cm³/mol. The first kappa shape index (κ1) is 9.47. The van der Waals surface area contributed by atoms with Gasteiger partial charge in [-0.1, -0.05) is 49.4 Å². The van der Waals surface area contributed by atoms with Crippen LogP contribution in [0.15, 0.2) is 42.5 Å². The van der Waals surface area contributed by atoms with E-state index in [1.807, 2.05) is 18.2 Å². The highest BCUT2D eigenvalue weighted by atomic mass is 16.3. The molecule has 74 valence electrons. The lowest BCUT2D eigenvalue weighted by molar-refractivity contribution is 0.117. The Hall–Kier alpha value is -1.08. The maximum atomic E-state index is 10.0. The highest BCUT2D eigenvalue weighted by Crippen LogP contribution is 2.42. The summed E-state index contributed by atoms with van der Waals surface area (Å²) in [6.45, 7) is 6.08. The van der Waals surface area contributed by atoms with Crippen molar-refractivity contribution in [1.82, 2.24) is 0 Å². The molecular weight excluding hydrogens is 172 g/mol. The van der Waals surface area contributed by atoms with Crippen LogP contribution in [0.25, 0.3) is 0 Å². The summed E-state index contributed by atoms with van der Waals surface area (Å²) in [6, 6.07) is 10.2. The molecule has 2 atom stereocenters. The van der Waals surface area contributed by atoms with E-state index in [1.165, 1.54) is 5.56 Å². The van der Waals surface area contributed by atoms with Gasteiger partial charge in [-0.3, -0.25) is 0 Å². The normalized spacial score (nSPS) is 32.1. The summed E-state index contributed by atoms with van der Waals surface area (Å²) in [5, 5.41) is 10.0. The standard InChI is InChI=1S/C13H16O/c1-10-8-12(14)13(2,9-10)11-6-4-3-5-7-11/h3-7,12,14H,1,8-9H2,2H3. The fourth-order valence-corrected chi connectivity index (χ4v) is 2.32. The topological polar surface area (TPSA) is 20.2 Å². The van der Waals surface area contributed by atoms with Gasteiger partial charge in [-0.25, -0.2) is 0 Å². The fraction of sp³-hybridized carbons (Fsp3) is 0.385. The summed E-state index contributed by atoms with van der Waals surface area (Å²) < 4.78 is 0. The van der Waals surface area contributed by atoms with Crippen LogP contribution in [0.5, 0.6) is 0 Å². The average molecular weight is 188 g/mol. The molecule has 1 nitrogen and oxygen atoms in total. The Bertz CT molecular complexity index is 342. The molecule has 1 aromatic carbocycles. The molecule has 0 spiro atoms. The molecule has 1 heteroatoms. The van der Waals surface area contributed by atoms with Gasteiger partial charge in [-0.15, -0.1) is 0 Å². The molecule has 0 bridgehead atoms. The number of rotatable bonds is 1. The average Bonchev–Trinajstić information content (AvgIpc) is 2.43. The molecule has 1 fully saturated rings. The van der Waals surface area contributed by atoms with Gasteiger partial charge in [0.25, 0.3) is 0 Å². The monoisotopic (exact) mass is 188 g/mol. The van der Waals surface area contributed by atoms with Crippen LogP contribution in [0.3, 0.4) is 0 Å². The number of aliphatic hydroxyl groups is 1. The molecule has 1 aliphatic carbocycles. The van der Waals surface area contributed by atoms with Crippen molar-refractivity contribution in [1.29, 1.82) is 0 Å². The van der Waals surface area contributed by atoms with Gasteiger partial charge >= 0.3 is 0 Å². The minimum Gasteiger partial charge on any atom is -0.392 e. The summed E-state index contributed by atoms with van der Waals surface area (Å²) in [5.74, 6) is 0. The van der Waals surface area contributed by atoms with Crippen LogP contribution in [0, 0.1) is 0 Å². The van der Waals surface area contributed by atoms with Gasteiger partial charge in [0.1, 0.15) is 0 Å². The molecule has 0 aliphatic heterocycles. The lowest BCUT2D eigenvalue weighted by atomic mass is 9.79. The molecule has 2 rings (SSSR count). The predicted octanol–water partition coefficient (Wildman–Crippen LogP) is 2.66. The zero-order chi connectivity index (χ0) is 10.2. The molecule has 0 amide bonds. The summed E-state index contributed by atoms with van der Waals surface area (Å²) in [5.41, 5.74) is 2.24.